The van der Waals surface area contributed by atoms with Gasteiger partial charge in [-0.15, -0.1) is 0 Å². The molecule has 78 valence electrons. The highest BCUT2D eigenvalue weighted by atomic mass is 19.3. The van der Waals surface area contributed by atoms with E-state index in [-0.39, 0.29) is 5.56 Å². The van der Waals surface area contributed by atoms with Crippen LogP contribution in [0.4, 0.5) is 8.78 Å². The molecule has 1 nitrogen and oxygen atoms in total. The number of alkyl halides is 2. The van der Waals surface area contributed by atoms with E-state index >= 15 is 0 Å². The Kier molecular flexibility index (Phi) is 3.58. The summed E-state index contributed by atoms with van der Waals surface area (Å²) in [5, 5.41) is 0. The van der Waals surface area contributed by atoms with Crippen LogP contribution in [0.2, 0.25) is 0 Å². The van der Waals surface area contributed by atoms with Gasteiger partial charge in [-0.2, -0.15) is 8.78 Å². The quantitative estimate of drug-likeness (QED) is 0.673. The fourth-order valence-corrected chi connectivity index (χ4v) is 1.44. The predicted molar refractivity (Wildman–Crippen MR) is 53.3 cm³/mol. The lowest BCUT2D eigenvalue weighted by Crippen LogP contribution is -2.38. The highest BCUT2D eigenvalue weighted by molar-refractivity contribution is 5.19. The smallest absolute Gasteiger partial charge is 0.241 e. The summed E-state index contributed by atoms with van der Waals surface area (Å²) < 4.78 is 27.5. The molecule has 0 atom stereocenters. The molecule has 1 rings (SSSR count). The zero-order valence-electron chi connectivity index (χ0n) is 8.50. The van der Waals surface area contributed by atoms with E-state index in [1.54, 1.807) is 32.0 Å². The Morgan fingerprint density at radius 1 is 1.07 bits per heavy atom. The van der Waals surface area contributed by atoms with Gasteiger partial charge in [-0.05, 0) is 0 Å². The van der Waals surface area contributed by atoms with Crippen LogP contribution in [0.5, 0.6) is 0 Å². The van der Waals surface area contributed by atoms with Gasteiger partial charge in [-0.25, -0.2) is 4.90 Å². The van der Waals surface area contributed by atoms with Crippen molar-refractivity contribution in [3.05, 3.63) is 35.9 Å². The first kappa shape index (κ1) is 11.1. The molecule has 0 spiro atoms. The summed E-state index contributed by atoms with van der Waals surface area (Å²) in [5.41, 5.74) is 0.0590. The third-order valence-corrected chi connectivity index (χ3v) is 2.28. The minimum atomic E-state index is -2.86. The molecule has 0 aliphatic heterocycles. The Balaban J connectivity index is 2.94. The first-order valence-electron chi connectivity index (χ1n) is 4.81. The third-order valence-electron chi connectivity index (χ3n) is 2.28. The Bertz CT molecular complexity index is 268. The first-order valence-corrected chi connectivity index (χ1v) is 4.81. The topological polar surface area (TPSA) is 3.24 Å². The fourth-order valence-electron chi connectivity index (χ4n) is 1.44. The molecule has 14 heavy (non-hydrogen) atoms. The second-order valence-corrected chi connectivity index (χ2v) is 3.08. The van der Waals surface area contributed by atoms with Gasteiger partial charge in [0.1, 0.15) is 0 Å². The van der Waals surface area contributed by atoms with E-state index in [0.29, 0.717) is 13.1 Å². The molecule has 0 fully saturated rings. The average molecular weight is 199 g/mol. The van der Waals surface area contributed by atoms with Gasteiger partial charge >= 0.3 is 6.05 Å². The van der Waals surface area contributed by atoms with Gasteiger partial charge in [0.2, 0.25) is 0 Å². The van der Waals surface area contributed by atoms with Gasteiger partial charge in [-0.3, -0.25) is 0 Å². The van der Waals surface area contributed by atoms with Gasteiger partial charge in [-0.1, -0.05) is 44.2 Å². The summed E-state index contributed by atoms with van der Waals surface area (Å²) in [6.45, 7) is 4.16. The molecule has 0 unspecified atom stereocenters. The molecule has 0 bridgehead atoms. The predicted octanol–water partition coefficient (Wildman–Crippen LogP) is 3.08. The molecule has 0 aliphatic rings. The molecule has 0 heterocycles. The molecule has 1 aromatic rings. The van der Waals surface area contributed by atoms with Crippen molar-refractivity contribution >= 4 is 0 Å². The Labute approximate surface area is 83.3 Å². The molecule has 0 N–H and O–H groups in total. The van der Waals surface area contributed by atoms with Crippen molar-refractivity contribution in [2.75, 3.05) is 13.1 Å². The van der Waals surface area contributed by atoms with Crippen LogP contribution < -0.4 is 0 Å². The molecule has 0 saturated carbocycles. The van der Waals surface area contributed by atoms with Gasteiger partial charge in [0.05, 0.1) is 0 Å². The second kappa shape index (κ2) is 4.51. The monoisotopic (exact) mass is 199 g/mol. The molecular formula is C11H15F2N. The fraction of sp³-hybridized carbons (Fsp3) is 0.455. The SMILES string of the molecule is CCN(CC)C(F)(F)c1ccccc1. The van der Waals surface area contributed by atoms with Gasteiger partial charge in [0, 0.05) is 18.7 Å². The van der Waals surface area contributed by atoms with Crippen molar-refractivity contribution in [3.8, 4) is 0 Å². The van der Waals surface area contributed by atoms with Crippen LogP contribution in [-0.2, 0) is 6.05 Å². The van der Waals surface area contributed by atoms with Crippen molar-refractivity contribution in [1.29, 1.82) is 0 Å². The maximum atomic E-state index is 13.7. The molecule has 0 aliphatic carbocycles. The van der Waals surface area contributed by atoms with E-state index < -0.39 is 6.05 Å². The molecule has 0 amide bonds. The van der Waals surface area contributed by atoms with Crippen molar-refractivity contribution in [1.82, 2.24) is 4.90 Å². The van der Waals surface area contributed by atoms with Crippen LogP contribution in [0.25, 0.3) is 0 Å². The standard InChI is InChI=1S/C11H15F2N/c1-3-14(4-2)11(12,13)10-8-6-5-7-9-10/h5-9H,3-4H2,1-2H3. The van der Waals surface area contributed by atoms with E-state index in [1.807, 2.05) is 0 Å². The first-order chi connectivity index (χ1) is 6.62. The van der Waals surface area contributed by atoms with Crippen molar-refractivity contribution < 1.29 is 8.78 Å². The number of hydrogen-bond acceptors (Lipinski definition) is 1. The Morgan fingerprint density at radius 2 is 1.57 bits per heavy atom. The van der Waals surface area contributed by atoms with Crippen LogP contribution >= 0.6 is 0 Å². The van der Waals surface area contributed by atoms with Crippen LogP contribution in [0.3, 0.4) is 0 Å². The summed E-state index contributed by atoms with van der Waals surface area (Å²) in [7, 11) is 0. The zero-order valence-corrected chi connectivity index (χ0v) is 8.50. The van der Waals surface area contributed by atoms with Crippen molar-refractivity contribution in [3.63, 3.8) is 0 Å². The normalized spacial score (nSPS) is 12.1. The number of hydrogen-bond donors (Lipinski definition) is 0. The van der Waals surface area contributed by atoms with E-state index in [9.17, 15) is 8.78 Å². The van der Waals surface area contributed by atoms with Crippen LogP contribution in [-0.4, -0.2) is 18.0 Å². The Morgan fingerprint density at radius 3 is 2.00 bits per heavy atom. The molecule has 3 heteroatoms. The summed E-state index contributed by atoms with van der Waals surface area (Å²) in [6, 6.07) is 5.06. The Hall–Kier alpha value is -0.960. The summed E-state index contributed by atoms with van der Waals surface area (Å²) in [6.07, 6.45) is 0. The highest BCUT2D eigenvalue weighted by Gasteiger charge is 2.36. The number of rotatable bonds is 4. The van der Waals surface area contributed by atoms with E-state index in [2.05, 4.69) is 0 Å². The number of halogens is 2. The minimum Gasteiger partial charge on any atom is -0.241 e. The maximum absolute atomic E-state index is 13.7. The lowest BCUT2D eigenvalue weighted by molar-refractivity contribution is -0.150. The van der Waals surface area contributed by atoms with Gasteiger partial charge < -0.3 is 0 Å². The summed E-state index contributed by atoms with van der Waals surface area (Å²) in [4.78, 5) is 1.14. The molecule has 0 radical (unpaired) electrons. The average Bonchev–Trinajstić information content (AvgIpc) is 2.20. The van der Waals surface area contributed by atoms with Crippen molar-refractivity contribution in [2.45, 2.75) is 19.9 Å². The second-order valence-electron chi connectivity index (χ2n) is 3.08. The molecule has 1 aromatic carbocycles. The van der Waals surface area contributed by atoms with Crippen LogP contribution in [0, 0.1) is 0 Å². The lowest BCUT2D eigenvalue weighted by atomic mass is 10.1. The lowest BCUT2D eigenvalue weighted by Gasteiger charge is -2.29. The maximum Gasteiger partial charge on any atom is 0.331 e. The van der Waals surface area contributed by atoms with E-state index in [0.717, 1.165) is 4.90 Å². The minimum absolute atomic E-state index is 0.0590. The van der Waals surface area contributed by atoms with E-state index in [1.165, 1.54) is 12.1 Å². The molecule has 0 aromatic heterocycles. The summed E-state index contributed by atoms with van der Waals surface area (Å²) in [5.74, 6) is 0. The van der Waals surface area contributed by atoms with Gasteiger partial charge in [0.15, 0.2) is 0 Å². The van der Waals surface area contributed by atoms with Crippen molar-refractivity contribution in [2.24, 2.45) is 0 Å². The number of nitrogens with zero attached hydrogens (tertiary/aromatic N) is 1. The third kappa shape index (κ3) is 2.10. The van der Waals surface area contributed by atoms with E-state index in [4.69, 9.17) is 0 Å². The molecular weight excluding hydrogens is 184 g/mol. The van der Waals surface area contributed by atoms with Crippen LogP contribution in [0.15, 0.2) is 30.3 Å². The van der Waals surface area contributed by atoms with Crippen LogP contribution in [0.1, 0.15) is 19.4 Å². The zero-order chi connectivity index (χ0) is 10.6. The largest absolute Gasteiger partial charge is 0.331 e. The highest BCUT2D eigenvalue weighted by Crippen LogP contribution is 2.31. The molecule has 0 saturated heterocycles. The summed E-state index contributed by atoms with van der Waals surface area (Å²) >= 11 is 0. The number of benzene rings is 1. The van der Waals surface area contributed by atoms with Gasteiger partial charge in [0.25, 0.3) is 0 Å².